The van der Waals surface area contributed by atoms with Crippen molar-refractivity contribution in [3.63, 3.8) is 0 Å². The first kappa shape index (κ1) is 14.4. The minimum Gasteiger partial charge on any atom is -0.479 e. The lowest BCUT2D eigenvalue weighted by molar-refractivity contribution is -0.139. The van der Waals surface area contributed by atoms with Gasteiger partial charge in [-0.05, 0) is 6.26 Å². The number of thioether (sulfide) groups is 1. The smallest absolute Gasteiger partial charge is 0.331 e. The molecule has 0 aliphatic rings. The fraction of sp³-hybridized carbons (Fsp3) is 0.500. The number of hydrogen-bond donors (Lipinski definition) is 3. The number of carboxylic acid groups (broad SMARTS) is 1. The van der Waals surface area contributed by atoms with Crippen molar-refractivity contribution in [3.05, 3.63) is 18.0 Å². The molecular formula is C10H16N4O3S. The Balaban J connectivity index is 2.59. The predicted molar refractivity (Wildman–Crippen MR) is 68.5 cm³/mol. The SMILES string of the molecule is CSCCNC(=O)NC(C(=O)O)c1cnn(C)c1. The molecule has 1 atom stereocenters. The Morgan fingerprint density at radius 2 is 2.33 bits per heavy atom. The molecule has 1 heterocycles. The molecule has 2 amide bonds. The van der Waals surface area contributed by atoms with E-state index in [0.717, 1.165) is 5.75 Å². The Labute approximate surface area is 109 Å². The standard InChI is InChI=1S/C10H16N4O3S/c1-14-6-7(5-12-14)8(9(15)16)13-10(17)11-3-4-18-2/h5-6,8H,3-4H2,1-2H3,(H,15,16)(H2,11,13,17). The van der Waals surface area contributed by atoms with Gasteiger partial charge in [0.2, 0.25) is 0 Å². The van der Waals surface area contributed by atoms with Gasteiger partial charge < -0.3 is 15.7 Å². The van der Waals surface area contributed by atoms with E-state index in [2.05, 4.69) is 15.7 Å². The average molecular weight is 272 g/mol. The topological polar surface area (TPSA) is 96.2 Å². The molecule has 18 heavy (non-hydrogen) atoms. The summed E-state index contributed by atoms with van der Waals surface area (Å²) in [5.41, 5.74) is 0.435. The summed E-state index contributed by atoms with van der Waals surface area (Å²) in [6.07, 6.45) is 4.90. The maximum absolute atomic E-state index is 11.5. The van der Waals surface area contributed by atoms with Crippen LogP contribution in [0.1, 0.15) is 11.6 Å². The maximum Gasteiger partial charge on any atom is 0.331 e. The number of aromatic nitrogens is 2. The highest BCUT2D eigenvalue weighted by Gasteiger charge is 2.23. The third-order valence-electron chi connectivity index (χ3n) is 2.17. The van der Waals surface area contributed by atoms with Crippen LogP contribution in [0.4, 0.5) is 4.79 Å². The fourth-order valence-electron chi connectivity index (χ4n) is 1.33. The minimum atomic E-state index is -1.12. The van der Waals surface area contributed by atoms with Crippen LogP contribution >= 0.6 is 11.8 Å². The first-order valence-corrected chi connectivity index (χ1v) is 6.68. The van der Waals surface area contributed by atoms with Crippen molar-refractivity contribution >= 4 is 23.8 Å². The minimum absolute atomic E-state index is 0.435. The van der Waals surface area contributed by atoms with Crippen molar-refractivity contribution in [2.24, 2.45) is 7.05 Å². The van der Waals surface area contributed by atoms with Crippen molar-refractivity contribution < 1.29 is 14.7 Å². The molecular weight excluding hydrogens is 256 g/mol. The number of carboxylic acids is 1. The zero-order valence-corrected chi connectivity index (χ0v) is 11.0. The van der Waals surface area contributed by atoms with Gasteiger partial charge in [-0.1, -0.05) is 0 Å². The summed E-state index contributed by atoms with van der Waals surface area (Å²) in [5.74, 6) is -0.346. The number of urea groups is 1. The Bertz CT molecular complexity index is 421. The van der Waals surface area contributed by atoms with Gasteiger partial charge in [0.05, 0.1) is 6.20 Å². The van der Waals surface area contributed by atoms with Gasteiger partial charge in [-0.25, -0.2) is 9.59 Å². The molecule has 0 bridgehead atoms. The number of aliphatic carboxylic acids is 1. The van der Waals surface area contributed by atoms with E-state index in [1.54, 1.807) is 25.0 Å². The van der Waals surface area contributed by atoms with Crippen LogP contribution in [0.15, 0.2) is 12.4 Å². The van der Waals surface area contributed by atoms with Crippen LogP contribution < -0.4 is 10.6 Å². The lowest BCUT2D eigenvalue weighted by Gasteiger charge is -2.13. The quantitative estimate of drug-likeness (QED) is 0.643. The maximum atomic E-state index is 11.5. The Morgan fingerprint density at radius 1 is 1.61 bits per heavy atom. The van der Waals surface area contributed by atoms with Gasteiger partial charge in [0.1, 0.15) is 0 Å². The molecule has 0 fully saturated rings. The molecule has 0 aliphatic carbocycles. The molecule has 1 aromatic rings. The molecule has 1 rings (SSSR count). The van der Waals surface area contributed by atoms with E-state index in [1.807, 2.05) is 6.26 Å². The van der Waals surface area contributed by atoms with Gasteiger partial charge in [0.25, 0.3) is 0 Å². The zero-order chi connectivity index (χ0) is 13.5. The van der Waals surface area contributed by atoms with E-state index in [-0.39, 0.29) is 0 Å². The van der Waals surface area contributed by atoms with Gasteiger partial charge in [-0.3, -0.25) is 4.68 Å². The molecule has 7 nitrogen and oxygen atoms in total. The van der Waals surface area contributed by atoms with Crippen LogP contribution in [0, 0.1) is 0 Å². The largest absolute Gasteiger partial charge is 0.479 e. The molecule has 1 aromatic heterocycles. The van der Waals surface area contributed by atoms with Gasteiger partial charge in [0.15, 0.2) is 6.04 Å². The molecule has 0 radical (unpaired) electrons. The molecule has 0 saturated heterocycles. The molecule has 0 aromatic carbocycles. The number of carbonyl (C=O) groups excluding carboxylic acids is 1. The highest BCUT2D eigenvalue weighted by Crippen LogP contribution is 2.11. The van der Waals surface area contributed by atoms with Gasteiger partial charge in [0, 0.05) is 31.1 Å². The second kappa shape index (κ2) is 6.90. The molecule has 100 valence electrons. The third-order valence-corrected chi connectivity index (χ3v) is 2.78. The number of rotatable bonds is 6. The highest BCUT2D eigenvalue weighted by atomic mass is 32.2. The van der Waals surface area contributed by atoms with Gasteiger partial charge >= 0.3 is 12.0 Å². The molecule has 8 heteroatoms. The van der Waals surface area contributed by atoms with Crippen LogP contribution in [-0.2, 0) is 11.8 Å². The summed E-state index contributed by atoms with van der Waals surface area (Å²) in [4.78, 5) is 22.6. The number of nitrogens with zero attached hydrogens (tertiary/aromatic N) is 2. The summed E-state index contributed by atoms with van der Waals surface area (Å²) < 4.78 is 1.48. The van der Waals surface area contributed by atoms with Gasteiger partial charge in [-0.2, -0.15) is 16.9 Å². The zero-order valence-electron chi connectivity index (χ0n) is 10.2. The Morgan fingerprint density at radius 3 is 2.83 bits per heavy atom. The summed E-state index contributed by atoms with van der Waals surface area (Å²) >= 11 is 1.60. The molecule has 1 unspecified atom stereocenters. The van der Waals surface area contributed by atoms with E-state index in [1.165, 1.54) is 10.9 Å². The molecule has 3 N–H and O–H groups in total. The van der Waals surface area contributed by atoms with Crippen molar-refractivity contribution in [2.75, 3.05) is 18.6 Å². The number of hydrogen-bond acceptors (Lipinski definition) is 4. The lowest BCUT2D eigenvalue weighted by Crippen LogP contribution is -2.41. The van der Waals surface area contributed by atoms with E-state index in [4.69, 9.17) is 5.11 Å². The van der Waals surface area contributed by atoms with Crippen molar-refractivity contribution in [2.45, 2.75) is 6.04 Å². The average Bonchev–Trinajstić information content (AvgIpc) is 2.72. The third kappa shape index (κ3) is 4.28. The monoisotopic (exact) mass is 272 g/mol. The second-order valence-corrected chi connectivity index (χ2v) is 4.60. The molecule has 0 saturated carbocycles. The molecule has 0 spiro atoms. The van der Waals surface area contributed by atoms with Crippen LogP contribution in [0.2, 0.25) is 0 Å². The normalized spacial score (nSPS) is 11.9. The number of amides is 2. The summed E-state index contributed by atoms with van der Waals surface area (Å²) in [6, 6.07) is -1.59. The van der Waals surface area contributed by atoms with E-state index >= 15 is 0 Å². The number of aryl methyl sites for hydroxylation is 1. The van der Waals surface area contributed by atoms with Crippen molar-refractivity contribution in [1.82, 2.24) is 20.4 Å². The van der Waals surface area contributed by atoms with E-state index < -0.39 is 18.0 Å². The van der Waals surface area contributed by atoms with Crippen LogP contribution in [0.5, 0.6) is 0 Å². The van der Waals surface area contributed by atoms with Crippen molar-refractivity contribution in [1.29, 1.82) is 0 Å². The van der Waals surface area contributed by atoms with E-state index in [0.29, 0.717) is 12.1 Å². The summed E-state index contributed by atoms with van der Waals surface area (Å²) in [7, 11) is 1.68. The van der Waals surface area contributed by atoms with Crippen molar-refractivity contribution in [3.8, 4) is 0 Å². The summed E-state index contributed by atoms with van der Waals surface area (Å²) in [6.45, 7) is 0.492. The van der Waals surface area contributed by atoms with Gasteiger partial charge in [-0.15, -0.1) is 0 Å². The summed E-state index contributed by atoms with van der Waals surface area (Å²) in [5, 5.41) is 17.9. The Kier molecular flexibility index (Phi) is 5.50. The predicted octanol–water partition coefficient (Wildman–Crippen LogP) is 0.208. The van der Waals surface area contributed by atoms with Crippen LogP contribution in [-0.4, -0.2) is 45.4 Å². The first-order valence-electron chi connectivity index (χ1n) is 5.29. The highest BCUT2D eigenvalue weighted by molar-refractivity contribution is 7.98. The lowest BCUT2D eigenvalue weighted by atomic mass is 10.1. The van der Waals surface area contributed by atoms with Crippen LogP contribution in [0.25, 0.3) is 0 Å². The first-order chi connectivity index (χ1) is 8.54. The number of carbonyl (C=O) groups is 2. The second-order valence-electron chi connectivity index (χ2n) is 3.61. The number of nitrogens with one attached hydrogen (secondary N) is 2. The van der Waals surface area contributed by atoms with Crippen LogP contribution in [0.3, 0.4) is 0 Å². The fourth-order valence-corrected chi connectivity index (χ4v) is 1.63. The van der Waals surface area contributed by atoms with E-state index in [9.17, 15) is 9.59 Å². The Hall–Kier alpha value is -1.70. The molecule has 0 aliphatic heterocycles.